The number of carbonyl (C=O) groups is 1. The molecular formula is C11H14FNO2. The largest absolute Gasteiger partial charge is 0.495 e. The molecular weight excluding hydrogens is 197 g/mol. The fraction of sp³-hybridized carbons (Fsp3) is 0.364. The van der Waals surface area contributed by atoms with Crippen molar-refractivity contribution in [1.29, 1.82) is 0 Å². The number of anilines is 1. The molecule has 1 aromatic rings. The first kappa shape index (κ1) is 11.5. The van der Waals surface area contributed by atoms with Gasteiger partial charge >= 0.3 is 0 Å². The number of amides is 1. The Morgan fingerprint density at radius 2 is 2.27 bits per heavy atom. The zero-order valence-corrected chi connectivity index (χ0v) is 8.84. The van der Waals surface area contributed by atoms with E-state index in [0.717, 1.165) is 6.42 Å². The summed E-state index contributed by atoms with van der Waals surface area (Å²) in [7, 11) is 1.47. The molecule has 4 heteroatoms. The maximum absolute atomic E-state index is 12.9. The van der Waals surface area contributed by atoms with Crippen LogP contribution in [0, 0.1) is 5.82 Å². The van der Waals surface area contributed by atoms with Crippen molar-refractivity contribution in [2.75, 3.05) is 12.4 Å². The molecule has 0 aliphatic heterocycles. The predicted molar refractivity (Wildman–Crippen MR) is 56.5 cm³/mol. The molecule has 0 fully saturated rings. The molecule has 0 aromatic heterocycles. The van der Waals surface area contributed by atoms with E-state index in [-0.39, 0.29) is 5.91 Å². The molecule has 15 heavy (non-hydrogen) atoms. The highest BCUT2D eigenvalue weighted by atomic mass is 19.1. The smallest absolute Gasteiger partial charge is 0.224 e. The molecule has 0 unspecified atom stereocenters. The van der Waals surface area contributed by atoms with E-state index in [9.17, 15) is 9.18 Å². The van der Waals surface area contributed by atoms with E-state index in [1.54, 1.807) is 0 Å². The van der Waals surface area contributed by atoms with E-state index in [4.69, 9.17) is 4.74 Å². The number of benzene rings is 1. The number of carbonyl (C=O) groups excluding carboxylic acids is 1. The second-order valence-electron chi connectivity index (χ2n) is 3.14. The van der Waals surface area contributed by atoms with Crippen LogP contribution in [0.1, 0.15) is 19.8 Å². The molecule has 0 heterocycles. The summed E-state index contributed by atoms with van der Waals surface area (Å²) in [5.74, 6) is -0.0788. The number of ether oxygens (including phenoxy) is 1. The Kier molecular flexibility index (Phi) is 4.09. The molecule has 0 radical (unpaired) electrons. The van der Waals surface area contributed by atoms with Gasteiger partial charge in [-0.15, -0.1) is 0 Å². The third-order valence-corrected chi connectivity index (χ3v) is 1.91. The zero-order valence-electron chi connectivity index (χ0n) is 8.84. The monoisotopic (exact) mass is 211 g/mol. The Morgan fingerprint density at radius 1 is 1.53 bits per heavy atom. The predicted octanol–water partition coefficient (Wildman–Crippen LogP) is 2.57. The molecule has 0 bridgehead atoms. The third kappa shape index (κ3) is 3.23. The second kappa shape index (κ2) is 5.34. The Bertz CT molecular complexity index is 352. The molecule has 0 atom stereocenters. The summed E-state index contributed by atoms with van der Waals surface area (Å²) >= 11 is 0. The van der Waals surface area contributed by atoms with Crippen molar-refractivity contribution in [3.8, 4) is 5.75 Å². The van der Waals surface area contributed by atoms with Crippen LogP contribution in [0.25, 0.3) is 0 Å². The van der Waals surface area contributed by atoms with Gasteiger partial charge in [-0.1, -0.05) is 6.92 Å². The van der Waals surface area contributed by atoms with Gasteiger partial charge in [0.2, 0.25) is 5.91 Å². The standard InChI is InChI=1S/C11H14FNO2/c1-3-4-11(14)13-9-7-8(12)5-6-10(9)15-2/h5-7H,3-4H2,1-2H3,(H,13,14). The van der Waals surface area contributed by atoms with E-state index < -0.39 is 5.82 Å². The van der Waals surface area contributed by atoms with Crippen LogP contribution in [-0.2, 0) is 4.79 Å². The van der Waals surface area contributed by atoms with Gasteiger partial charge in [0.15, 0.2) is 0 Å². The van der Waals surface area contributed by atoms with Gasteiger partial charge in [-0.2, -0.15) is 0 Å². The fourth-order valence-electron chi connectivity index (χ4n) is 1.22. The van der Waals surface area contributed by atoms with Crippen LogP contribution in [0.4, 0.5) is 10.1 Å². The lowest BCUT2D eigenvalue weighted by Gasteiger charge is -2.09. The molecule has 1 N–H and O–H groups in total. The normalized spacial score (nSPS) is 9.80. The van der Waals surface area contributed by atoms with Gasteiger partial charge < -0.3 is 10.1 Å². The minimum Gasteiger partial charge on any atom is -0.495 e. The van der Waals surface area contributed by atoms with Gasteiger partial charge in [-0.25, -0.2) is 4.39 Å². The minimum atomic E-state index is -0.400. The summed E-state index contributed by atoms with van der Waals surface area (Å²) < 4.78 is 17.9. The molecule has 1 rings (SSSR count). The average Bonchev–Trinajstić information content (AvgIpc) is 2.18. The van der Waals surface area contributed by atoms with Crippen molar-refractivity contribution >= 4 is 11.6 Å². The molecule has 0 aliphatic rings. The molecule has 1 amide bonds. The topological polar surface area (TPSA) is 38.3 Å². The van der Waals surface area contributed by atoms with Crippen molar-refractivity contribution in [1.82, 2.24) is 0 Å². The minimum absolute atomic E-state index is 0.138. The molecule has 0 saturated carbocycles. The van der Waals surface area contributed by atoms with Crippen molar-refractivity contribution < 1.29 is 13.9 Å². The Labute approximate surface area is 88.2 Å². The number of hydrogen-bond acceptors (Lipinski definition) is 2. The van der Waals surface area contributed by atoms with Crippen LogP contribution >= 0.6 is 0 Å². The van der Waals surface area contributed by atoms with Crippen LogP contribution in [0.5, 0.6) is 5.75 Å². The van der Waals surface area contributed by atoms with Crippen LogP contribution < -0.4 is 10.1 Å². The van der Waals surface area contributed by atoms with Crippen molar-refractivity contribution in [2.45, 2.75) is 19.8 Å². The maximum atomic E-state index is 12.9. The maximum Gasteiger partial charge on any atom is 0.224 e. The summed E-state index contributed by atoms with van der Waals surface area (Å²) in [5.41, 5.74) is 0.371. The quantitative estimate of drug-likeness (QED) is 0.831. The van der Waals surface area contributed by atoms with E-state index in [2.05, 4.69) is 5.32 Å². The molecule has 0 spiro atoms. The summed E-state index contributed by atoms with van der Waals surface area (Å²) in [6.07, 6.45) is 1.17. The number of methoxy groups -OCH3 is 1. The molecule has 0 aliphatic carbocycles. The van der Waals surface area contributed by atoms with Gasteiger partial charge in [-0.05, 0) is 18.6 Å². The first-order chi connectivity index (χ1) is 7.17. The Hall–Kier alpha value is -1.58. The van der Waals surface area contributed by atoms with Crippen molar-refractivity contribution in [3.63, 3.8) is 0 Å². The average molecular weight is 211 g/mol. The summed E-state index contributed by atoms with van der Waals surface area (Å²) in [5, 5.41) is 2.60. The van der Waals surface area contributed by atoms with Gasteiger partial charge in [0, 0.05) is 12.5 Å². The second-order valence-corrected chi connectivity index (χ2v) is 3.14. The SMILES string of the molecule is CCCC(=O)Nc1cc(F)ccc1OC. The highest BCUT2D eigenvalue weighted by molar-refractivity contribution is 5.92. The summed E-state index contributed by atoms with van der Waals surface area (Å²) in [6.45, 7) is 1.91. The van der Waals surface area contributed by atoms with Crippen molar-refractivity contribution in [3.05, 3.63) is 24.0 Å². The molecule has 1 aromatic carbocycles. The van der Waals surface area contributed by atoms with Gasteiger partial charge in [0.05, 0.1) is 12.8 Å². The first-order valence-corrected chi connectivity index (χ1v) is 4.80. The molecule has 0 saturated heterocycles. The zero-order chi connectivity index (χ0) is 11.3. The van der Waals surface area contributed by atoms with E-state index >= 15 is 0 Å². The summed E-state index contributed by atoms with van der Waals surface area (Å²) in [6, 6.07) is 4.01. The van der Waals surface area contributed by atoms with E-state index in [1.807, 2.05) is 6.92 Å². The number of nitrogens with one attached hydrogen (secondary N) is 1. The number of halogens is 1. The first-order valence-electron chi connectivity index (χ1n) is 4.80. The lowest BCUT2D eigenvalue weighted by Crippen LogP contribution is -2.11. The molecule has 82 valence electrons. The lowest BCUT2D eigenvalue weighted by atomic mass is 10.2. The van der Waals surface area contributed by atoms with Crippen LogP contribution in [0.2, 0.25) is 0 Å². The highest BCUT2D eigenvalue weighted by Crippen LogP contribution is 2.24. The Morgan fingerprint density at radius 3 is 2.87 bits per heavy atom. The summed E-state index contributed by atoms with van der Waals surface area (Å²) in [4.78, 5) is 11.3. The number of rotatable bonds is 4. The van der Waals surface area contributed by atoms with Crippen molar-refractivity contribution in [2.24, 2.45) is 0 Å². The van der Waals surface area contributed by atoms with Crippen LogP contribution in [0.15, 0.2) is 18.2 Å². The van der Waals surface area contributed by atoms with E-state index in [0.29, 0.717) is 17.9 Å². The fourth-order valence-corrected chi connectivity index (χ4v) is 1.22. The highest BCUT2D eigenvalue weighted by Gasteiger charge is 2.07. The Balaban J connectivity index is 2.82. The molecule has 3 nitrogen and oxygen atoms in total. The van der Waals surface area contributed by atoms with Gasteiger partial charge in [-0.3, -0.25) is 4.79 Å². The lowest BCUT2D eigenvalue weighted by molar-refractivity contribution is -0.116. The van der Waals surface area contributed by atoms with Crippen LogP contribution in [0.3, 0.4) is 0 Å². The van der Waals surface area contributed by atoms with Crippen LogP contribution in [-0.4, -0.2) is 13.0 Å². The number of hydrogen-bond donors (Lipinski definition) is 1. The third-order valence-electron chi connectivity index (χ3n) is 1.91. The van der Waals surface area contributed by atoms with E-state index in [1.165, 1.54) is 25.3 Å². The van der Waals surface area contributed by atoms with Gasteiger partial charge in [0.25, 0.3) is 0 Å². The van der Waals surface area contributed by atoms with Gasteiger partial charge in [0.1, 0.15) is 11.6 Å².